The highest BCUT2D eigenvalue weighted by atomic mass is 35.5. The van der Waals surface area contributed by atoms with E-state index in [1.807, 2.05) is 13.8 Å². The Kier molecular flexibility index (Phi) is 5.13. The molecule has 0 amide bonds. The van der Waals surface area contributed by atoms with Crippen molar-refractivity contribution in [2.24, 2.45) is 5.92 Å². The molecule has 1 saturated heterocycles. The summed E-state index contributed by atoms with van der Waals surface area (Å²) in [4.78, 5) is 13.8. The van der Waals surface area contributed by atoms with Crippen LogP contribution < -0.4 is 9.64 Å². The molecule has 0 aromatic carbocycles. The molecule has 0 spiro atoms. The molecule has 130 valence electrons. The molecule has 0 aliphatic carbocycles. The van der Waals surface area contributed by atoms with E-state index in [9.17, 15) is 4.39 Å². The van der Waals surface area contributed by atoms with E-state index in [1.54, 1.807) is 4.90 Å². The van der Waals surface area contributed by atoms with Crippen LogP contribution in [0.2, 0.25) is 5.28 Å². The molecule has 3 atom stereocenters. The van der Waals surface area contributed by atoms with Gasteiger partial charge in [0.25, 0.3) is 0 Å². The van der Waals surface area contributed by atoms with Gasteiger partial charge in [0.05, 0.1) is 18.9 Å². The third-order valence-corrected chi connectivity index (χ3v) is 4.35. The van der Waals surface area contributed by atoms with Gasteiger partial charge < -0.3 is 14.2 Å². The van der Waals surface area contributed by atoms with Crippen LogP contribution in [0.3, 0.4) is 0 Å². The Morgan fingerprint density at radius 1 is 1.46 bits per heavy atom. The van der Waals surface area contributed by atoms with Gasteiger partial charge in [0.1, 0.15) is 12.3 Å². The maximum atomic E-state index is 14.6. The fourth-order valence-electron chi connectivity index (χ4n) is 2.81. The second kappa shape index (κ2) is 7.29. The van der Waals surface area contributed by atoms with Crippen molar-refractivity contribution >= 4 is 17.6 Å². The summed E-state index contributed by atoms with van der Waals surface area (Å²) in [5, 5.41) is 4.00. The molecule has 2 aromatic rings. The quantitative estimate of drug-likeness (QED) is 0.763. The smallest absolute Gasteiger partial charge is 0.324 e. The zero-order chi connectivity index (χ0) is 17.1. The van der Waals surface area contributed by atoms with Crippen molar-refractivity contribution in [3.8, 4) is 5.75 Å². The van der Waals surface area contributed by atoms with Gasteiger partial charge in [-0.05, 0) is 24.9 Å². The van der Waals surface area contributed by atoms with Gasteiger partial charge >= 0.3 is 6.01 Å². The Morgan fingerprint density at radius 2 is 2.21 bits per heavy atom. The minimum absolute atomic E-state index is 0.151. The molecule has 2 aromatic heterocycles. The Hall–Kier alpha value is -1.96. The molecule has 0 bridgehead atoms. The minimum atomic E-state index is -1.06. The summed E-state index contributed by atoms with van der Waals surface area (Å²) in [6, 6.07) is 0.382. The van der Waals surface area contributed by atoms with Gasteiger partial charge in [-0.3, -0.25) is 0 Å². The van der Waals surface area contributed by atoms with E-state index in [-0.39, 0.29) is 23.9 Å². The van der Waals surface area contributed by atoms with Crippen LogP contribution in [0, 0.1) is 5.92 Å². The number of rotatable bonds is 5. The van der Waals surface area contributed by atoms with Crippen molar-refractivity contribution in [1.29, 1.82) is 0 Å². The zero-order valence-corrected chi connectivity index (χ0v) is 14.3. The molecular formula is C15H19ClFN5O2. The van der Waals surface area contributed by atoms with Crippen molar-refractivity contribution in [2.75, 3.05) is 18.0 Å². The predicted octanol–water partition coefficient (Wildman–Crippen LogP) is 2.71. The molecule has 3 rings (SSSR count). The second-order valence-corrected chi connectivity index (χ2v) is 6.11. The third-order valence-electron chi connectivity index (χ3n) is 4.16. The van der Waals surface area contributed by atoms with E-state index in [2.05, 4.69) is 20.1 Å². The first kappa shape index (κ1) is 16.9. The first-order chi connectivity index (χ1) is 11.6. The van der Waals surface area contributed by atoms with Gasteiger partial charge in [-0.2, -0.15) is 4.98 Å². The number of piperidine rings is 1. The summed E-state index contributed by atoms with van der Waals surface area (Å²) in [7, 11) is 0. The number of alkyl halides is 1. The molecule has 0 N–H and O–H groups in total. The SMILES string of the molecule is CCc1noc(N2CCC(C(C)Oc3cnc(Cl)nc3)[C@H](F)C2)n1. The van der Waals surface area contributed by atoms with Crippen LogP contribution in [0.1, 0.15) is 26.1 Å². The fraction of sp³-hybridized carbons (Fsp3) is 0.600. The lowest BCUT2D eigenvalue weighted by atomic mass is 9.90. The Morgan fingerprint density at radius 3 is 2.83 bits per heavy atom. The number of nitrogens with zero attached hydrogens (tertiary/aromatic N) is 5. The molecule has 0 radical (unpaired) electrons. The van der Waals surface area contributed by atoms with Gasteiger partial charge in [0.15, 0.2) is 11.6 Å². The van der Waals surface area contributed by atoms with Crippen LogP contribution in [-0.4, -0.2) is 45.5 Å². The molecule has 2 unspecified atom stereocenters. The molecule has 9 heteroatoms. The first-order valence-electron chi connectivity index (χ1n) is 7.92. The summed E-state index contributed by atoms with van der Waals surface area (Å²) in [6.45, 7) is 4.64. The van der Waals surface area contributed by atoms with Gasteiger partial charge in [-0.15, -0.1) is 0 Å². The van der Waals surface area contributed by atoms with Gasteiger partial charge in [-0.1, -0.05) is 12.1 Å². The molecule has 24 heavy (non-hydrogen) atoms. The lowest BCUT2D eigenvalue weighted by Crippen LogP contribution is -2.46. The Labute approximate surface area is 144 Å². The lowest BCUT2D eigenvalue weighted by Gasteiger charge is -2.36. The van der Waals surface area contributed by atoms with E-state index in [1.165, 1.54) is 12.4 Å². The zero-order valence-electron chi connectivity index (χ0n) is 13.5. The lowest BCUT2D eigenvalue weighted by molar-refractivity contribution is 0.0702. The van der Waals surface area contributed by atoms with Crippen LogP contribution in [0.5, 0.6) is 5.75 Å². The highest BCUT2D eigenvalue weighted by Crippen LogP contribution is 2.29. The molecule has 3 heterocycles. The summed E-state index contributed by atoms with van der Waals surface area (Å²) in [5.41, 5.74) is 0. The van der Waals surface area contributed by atoms with Crippen molar-refractivity contribution in [3.63, 3.8) is 0 Å². The van der Waals surface area contributed by atoms with E-state index < -0.39 is 6.17 Å². The monoisotopic (exact) mass is 355 g/mol. The molecule has 0 saturated carbocycles. The van der Waals surface area contributed by atoms with Gasteiger partial charge in [-0.25, -0.2) is 14.4 Å². The third kappa shape index (κ3) is 3.75. The largest absolute Gasteiger partial charge is 0.487 e. The number of aryl methyl sites for hydroxylation is 1. The Bertz CT molecular complexity index is 668. The minimum Gasteiger partial charge on any atom is -0.487 e. The van der Waals surface area contributed by atoms with Crippen molar-refractivity contribution in [3.05, 3.63) is 23.5 Å². The molecule has 1 aliphatic rings. The average molecular weight is 356 g/mol. The van der Waals surface area contributed by atoms with Crippen LogP contribution in [0.15, 0.2) is 16.9 Å². The summed E-state index contributed by atoms with van der Waals surface area (Å²) in [6.07, 6.45) is 2.92. The summed E-state index contributed by atoms with van der Waals surface area (Å²) >= 11 is 5.64. The maximum Gasteiger partial charge on any atom is 0.324 e. The van der Waals surface area contributed by atoms with Crippen molar-refractivity contribution in [1.82, 2.24) is 20.1 Å². The van der Waals surface area contributed by atoms with Crippen LogP contribution >= 0.6 is 11.6 Å². The summed E-state index contributed by atoms with van der Waals surface area (Å²) in [5.74, 6) is 0.874. The summed E-state index contributed by atoms with van der Waals surface area (Å²) < 4.78 is 25.6. The first-order valence-corrected chi connectivity index (χ1v) is 8.30. The topological polar surface area (TPSA) is 77.2 Å². The van der Waals surface area contributed by atoms with Crippen LogP contribution in [-0.2, 0) is 6.42 Å². The normalized spacial score (nSPS) is 22.4. The van der Waals surface area contributed by atoms with Crippen LogP contribution in [0.4, 0.5) is 10.4 Å². The number of aromatic nitrogens is 4. The highest BCUT2D eigenvalue weighted by molar-refractivity contribution is 6.28. The molecular weight excluding hydrogens is 337 g/mol. The Balaban J connectivity index is 1.59. The predicted molar refractivity (Wildman–Crippen MR) is 86.0 cm³/mol. The van der Waals surface area contributed by atoms with E-state index in [0.717, 1.165) is 0 Å². The number of ether oxygens (including phenoxy) is 1. The standard InChI is InChI=1S/C15H19ClFN5O2/c1-3-13-20-15(24-21-13)22-5-4-11(12(17)8-22)9(2)23-10-6-18-14(16)19-7-10/h6-7,9,11-12H,3-5,8H2,1-2H3/t9?,11?,12-/m1/s1. The van der Waals surface area contributed by atoms with E-state index >= 15 is 0 Å². The van der Waals surface area contributed by atoms with E-state index in [4.69, 9.17) is 20.9 Å². The maximum absolute atomic E-state index is 14.6. The number of hydrogen-bond donors (Lipinski definition) is 0. The average Bonchev–Trinajstić information content (AvgIpc) is 3.06. The molecule has 7 nitrogen and oxygen atoms in total. The van der Waals surface area contributed by atoms with Gasteiger partial charge in [0.2, 0.25) is 5.28 Å². The highest BCUT2D eigenvalue weighted by Gasteiger charge is 2.35. The fourth-order valence-corrected chi connectivity index (χ4v) is 2.90. The van der Waals surface area contributed by atoms with Crippen molar-refractivity contribution < 1.29 is 13.7 Å². The number of hydrogen-bond acceptors (Lipinski definition) is 7. The number of anilines is 1. The molecule has 1 fully saturated rings. The molecule has 1 aliphatic heterocycles. The van der Waals surface area contributed by atoms with E-state index in [0.29, 0.717) is 37.0 Å². The van der Waals surface area contributed by atoms with Crippen molar-refractivity contribution in [2.45, 2.75) is 39.0 Å². The van der Waals surface area contributed by atoms with Crippen LogP contribution in [0.25, 0.3) is 0 Å². The number of halogens is 2. The van der Waals surface area contributed by atoms with Gasteiger partial charge in [0, 0.05) is 18.9 Å². The second-order valence-electron chi connectivity index (χ2n) is 5.77.